The molecule has 0 spiro atoms. The van der Waals surface area contributed by atoms with Gasteiger partial charge in [0.2, 0.25) is 0 Å². The molecule has 1 aromatic rings. The van der Waals surface area contributed by atoms with Crippen molar-refractivity contribution < 1.29 is 19.4 Å². The van der Waals surface area contributed by atoms with Gasteiger partial charge in [-0.3, -0.25) is 0 Å². The van der Waals surface area contributed by atoms with Crippen molar-refractivity contribution in [2.45, 2.75) is 78.4 Å². The van der Waals surface area contributed by atoms with Gasteiger partial charge in [0, 0.05) is 17.6 Å². The van der Waals surface area contributed by atoms with Crippen LogP contribution in [0, 0.1) is 6.92 Å². The SMILES string of the molecule is CC(C)=CCCC1=C[C@@H](C/C(C)=C/CC[C@@]2(C)C=Cc3cc(O)cc(C)c3O2)OC1=O. The summed E-state index contributed by atoms with van der Waals surface area (Å²) in [4.78, 5) is 12.1. The minimum Gasteiger partial charge on any atom is -0.508 e. The number of hydrogen-bond acceptors (Lipinski definition) is 4. The lowest BCUT2D eigenvalue weighted by Crippen LogP contribution is -2.32. The fourth-order valence-electron chi connectivity index (χ4n) is 4.06. The number of hydrogen-bond donors (Lipinski definition) is 1. The van der Waals surface area contributed by atoms with Crippen molar-refractivity contribution in [1.82, 2.24) is 0 Å². The molecule has 1 N–H and O–H groups in total. The molecule has 1 aromatic carbocycles. The van der Waals surface area contributed by atoms with Gasteiger partial charge < -0.3 is 14.6 Å². The molecule has 0 radical (unpaired) electrons. The summed E-state index contributed by atoms with van der Waals surface area (Å²) in [6.45, 7) is 10.3. The maximum atomic E-state index is 12.1. The Morgan fingerprint density at radius 2 is 1.97 bits per heavy atom. The zero-order valence-electron chi connectivity index (χ0n) is 19.3. The second-order valence-corrected chi connectivity index (χ2v) is 9.18. The van der Waals surface area contributed by atoms with Crippen LogP contribution in [0.5, 0.6) is 11.5 Å². The van der Waals surface area contributed by atoms with Crippen LogP contribution in [0.25, 0.3) is 6.08 Å². The monoisotopic (exact) mass is 422 g/mol. The van der Waals surface area contributed by atoms with Gasteiger partial charge in [0.15, 0.2) is 0 Å². The molecule has 0 amide bonds. The Bertz CT molecular complexity index is 960. The van der Waals surface area contributed by atoms with E-state index in [0.717, 1.165) is 54.6 Å². The molecule has 0 saturated heterocycles. The van der Waals surface area contributed by atoms with Gasteiger partial charge in [-0.2, -0.15) is 0 Å². The summed E-state index contributed by atoms with van der Waals surface area (Å²) in [6, 6.07) is 3.46. The number of aromatic hydroxyl groups is 1. The Labute approximate surface area is 186 Å². The van der Waals surface area contributed by atoms with Crippen molar-refractivity contribution in [2.24, 2.45) is 0 Å². The summed E-state index contributed by atoms with van der Waals surface area (Å²) >= 11 is 0. The molecule has 0 saturated carbocycles. The van der Waals surface area contributed by atoms with Crippen LogP contribution in [0.15, 0.2) is 53.2 Å². The molecule has 166 valence electrons. The predicted octanol–water partition coefficient (Wildman–Crippen LogP) is 6.58. The summed E-state index contributed by atoms with van der Waals surface area (Å²) in [6.07, 6.45) is 14.3. The third-order valence-corrected chi connectivity index (χ3v) is 5.77. The van der Waals surface area contributed by atoms with Gasteiger partial charge in [0.25, 0.3) is 0 Å². The van der Waals surface area contributed by atoms with E-state index >= 15 is 0 Å². The van der Waals surface area contributed by atoms with Crippen LogP contribution in [0.3, 0.4) is 0 Å². The van der Waals surface area contributed by atoms with Crippen LogP contribution >= 0.6 is 0 Å². The Morgan fingerprint density at radius 3 is 2.71 bits per heavy atom. The van der Waals surface area contributed by atoms with Crippen LogP contribution in [0.2, 0.25) is 0 Å². The standard InChI is InChI=1S/C27H34O4/c1-18(2)8-6-10-22-17-24(30-26(22)29)14-19(3)9-7-12-27(5)13-11-21-16-23(28)15-20(4)25(21)31-27/h8-9,11,13,15-17,24,28H,6-7,10,12,14H2,1-5H3/b19-9+/t24-,27+/m1/s1. The number of carbonyl (C=O) groups excluding carboxylic acids is 1. The minimum absolute atomic E-state index is 0.158. The summed E-state index contributed by atoms with van der Waals surface area (Å²) in [5.41, 5.74) is 4.74. The first-order chi connectivity index (χ1) is 14.6. The Kier molecular flexibility index (Phi) is 7.09. The van der Waals surface area contributed by atoms with Gasteiger partial charge in [-0.25, -0.2) is 4.79 Å². The van der Waals surface area contributed by atoms with Crippen LogP contribution in [0.4, 0.5) is 0 Å². The third-order valence-electron chi connectivity index (χ3n) is 5.77. The number of esters is 1. The molecule has 0 unspecified atom stereocenters. The van der Waals surface area contributed by atoms with Crippen LogP contribution in [-0.2, 0) is 9.53 Å². The maximum Gasteiger partial charge on any atom is 0.334 e. The van der Waals surface area contributed by atoms with Gasteiger partial charge in [-0.15, -0.1) is 0 Å². The zero-order valence-corrected chi connectivity index (χ0v) is 19.3. The number of benzene rings is 1. The molecule has 4 heteroatoms. The number of carbonyl (C=O) groups is 1. The predicted molar refractivity (Wildman–Crippen MR) is 125 cm³/mol. The molecule has 2 aliphatic heterocycles. The Balaban J connectivity index is 1.53. The quantitative estimate of drug-likeness (QED) is 0.380. The molecule has 3 rings (SSSR count). The van der Waals surface area contributed by atoms with Gasteiger partial charge in [-0.1, -0.05) is 29.4 Å². The lowest BCUT2D eigenvalue weighted by molar-refractivity contribution is -0.139. The first-order valence-corrected chi connectivity index (χ1v) is 11.1. The molecule has 0 aromatic heterocycles. The average Bonchev–Trinajstić information content (AvgIpc) is 3.01. The van der Waals surface area contributed by atoms with E-state index in [4.69, 9.17) is 9.47 Å². The number of allylic oxidation sites excluding steroid dienone is 3. The Morgan fingerprint density at radius 1 is 1.19 bits per heavy atom. The van der Waals surface area contributed by atoms with E-state index in [9.17, 15) is 9.90 Å². The van der Waals surface area contributed by atoms with Gasteiger partial charge in [0.1, 0.15) is 23.2 Å². The van der Waals surface area contributed by atoms with Crippen molar-refractivity contribution >= 4 is 12.0 Å². The van der Waals surface area contributed by atoms with E-state index < -0.39 is 0 Å². The molecular weight excluding hydrogens is 388 g/mol. The minimum atomic E-state index is -0.386. The topological polar surface area (TPSA) is 55.8 Å². The molecule has 31 heavy (non-hydrogen) atoms. The van der Waals surface area contributed by atoms with Gasteiger partial charge in [-0.05, 0) is 90.2 Å². The number of phenols is 1. The van der Waals surface area contributed by atoms with Crippen molar-refractivity contribution in [3.05, 3.63) is 64.3 Å². The fraction of sp³-hybridized carbons (Fsp3) is 0.444. The normalized spacial score (nSPS) is 22.5. The smallest absolute Gasteiger partial charge is 0.334 e. The molecule has 4 nitrogen and oxygen atoms in total. The molecule has 0 aliphatic carbocycles. The molecular formula is C27H34O4. The highest BCUT2D eigenvalue weighted by molar-refractivity contribution is 5.90. The van der Waals surface area contributed by atoms with E-state index in [1.165, 1.54) is 11.1 Å². The number of fused-ring (bicyclic) bond motifs is 1. The van der Waals surface area contributed by atoms with E-state index in [0.29, 0.717) is 0 Å². The second-order valence-electron chi connectivity index (χ2n) is 9.18. The number of aryl methyl sites for hydroxylation is 1. The van der Waals surface area contributed by atoms with E-state index in [-0.39, 0.29) is 23.4 Å². The first-order valence-electron chi connectivity index (χ1n) is 11.1. The maximum absolute atomic E-state index is 12.1. The molecule has 2 aliphatic rings. The molecule has 0 fully saturated rings. The van der Waals surface area contributed by atoms with E-state index in [1.807, 2.05) is 19.1 Å². The lowest BCUT2D eigenvalue weighted by Gasteiger charge is -2.32. The van der Waals surface area contributed by atoms with Crippen LogP contribution in [0.1, 0.15) is 70.9 Å². The third kappa shape index (κ3) is 6.13. The second kappa shape index (κ2) is 9.59. The Hall–Kier alpha value is -2.75. The molecule has 0 bridgehead atoms. The van der Waals surface area contributed by atoms with Crippen LogP contribution in [-0.4, -0.2) is 22.8 Å². The molecule has 2 atom stereocenters. The summed E-state index contributed by atoms with van der Waals surface area (Å²) in [5.74, 6) is 0.925. The first kappa shape index (κ1) is 22.9. The van der Waals surface area contributed by atoms with E-state index in [1.54, 1.807) is 12.1 Å². The highest BCUT2D eigenvalue weighted by Gasteiger charge is 2.28. The zero-order chi connectivity index (χ0) is 22.6. The number of rotatable bonds is 8. The summed E-state index contributed by atoms with van der Waals surface area (Å²) in [5, 5.41) is 9.78. The molecule has 2 heterocycles. The highest BCUT2D eigenvalue weighted by atomic mass is 16.5. The van der Waals surface area contributed by atoms with Crippen molar-refractivity contribution in [3.63, 3.8) is 0 Å². The summed E-state index contributed by atoms with van der Waals surface area (Å²) in [7, 11) is 0. The van der Waals surface area contributed by atoms with Gasteiger partial charge >= 0.3 is 5.97 Å². The fourth-order valence-corrected chi connectivity index (χ4v) is 4.06. The highest BCUT2D eigenvalue weighted by Crippen LogP contribution is 2.38. The number of ether oxygens (including phenoxy) is 2. The average molecular weight is 423 g/mol. The number of phenolic OH excluding ortho intramolecular Hbond substituents is 1. The van der Waals surface area contributed by atoms with Crippen molar-refractivity contribution in [1.29, 1.82) is 0 Å². The van der Waals surface area contributed by atoms with Crippen molar-refractivity contribution in [2.75, 3.05) is 0 Å². The number of cyclic esters (lactones) is 1. The summed E-state index contributed by atoms with van der Waals surface area (Å²) < 4.78 is 11.8. The van der Waals surface area contributed by atoms with Crippen LogP contribution < -0.4 is 4.74 Å². The lowest BCUT2D eigenvalue weighted by atomic mass is 9.93. The van der Waals surface area contributed by atoms with Gasteiger partial charge in [0.05, 0.1) is 0 Å². The van der Waals surface area contributed by atoms with E-state index in [2.05, 4.69) is 45.9 Å². The van der Waals surface area contributed by atoms with Crippen molar-refractivity contribution in [3.8, 4) is 11.5 Å². The largest absolute Gasteiger partial charge is 0.508 e.